The number of carbonyl (C=O) groups is 1. The second-order valence-electron chi connectivity index (χ2n) is 4.31. The Morgan fingerprint density at radius 2 is 1.95 bits per heavy atom. The van der Waals surface area contributed by atoms with E-state index in [1.165, 1.54) is 0 Å². The van der Waals surface area contributed by atoms with Gasteiger partial charge in [-0.3, -0.25) is 4.79 Å². The molecule has 0 bridgehead atoms. The third kappa shape index (κ3) is 4.77. The maximum Gasteiger partial charge on any atom is 0.226 e. The third-order valence-corrected chi connectivity index (χ3v) is 2.46. The summed E-state index contributed by atoms with van der Waals surface area (Å²) in [5.74, 6) is -0.657. The van der Waals surface area contributed by atoms with Crippen molar-refractivity contribution in [1.29, 1.82) is 0 Å². The number of nitrogens with one attached hydrogen (secondary N) is 1. The molecule has 0 unspecified atom stereocenters. The minimum absolute atomic E-state index is 0.132. The van der Waals surface area contributed by atoms with Crippen molar-refractivity contribution in [3.63, 3.8) is 0 Å². The van der Waals surface area contributed by atoms with Crippen LogP contribution in [-0.2, 0) is 4.79 Å². The maximum atomic E-state index is 11.7. The lowest BCUT2D eigenvalue weighted by Crippen LogP contribution is -2.26. The van der Waals surface area contributed by atoms with Crippen molar-refractivity contribution in [2.45, 2.75) is 13.8 Å². The fourth-order valence-corrected chi connectivity index (χ4v) is 1.43. The second-order valence-corrected chi connectivity index (χ2v) is 4.75. The molecule has 0 heterocycles. The molecule has 108 valence electrons. The number of halogens is 1. The molecule has 0 aliphatic carbocycles. The molecule has 0 aliphatic heterocycles. The second kappa shape index (κ2) is 6.76. The van der Waals surface area contributed by atoms with E-state index >= 15 is 0 Å². The molecule has 0 radical (unpaired) electrons. The largest absolute Gasteiger partial charge is 0.370 e. The summed E-state index contributed by atoms with van der Waals surface area (Å²) in [5.41, 5.74) is 16.8. The van der Waals surface area contributed by atoms with E-state index in [0.717, 1.165) is 0 Å². The summed E-state index contributed by atoms with van der Waals surface area (Å²) in [6, 6.07) is 4.81. The molecule has 0 saturated heterocycles. The van der Waals surface area contributed by atoms with E-state index in [1.54, 1.807) is 32.0 Å². The predicted molar refractivity (Wildman–Crippen MR) is 82.0 cm³/mol. The molecule has 1 rings (SSSR count). The van der Waals surface area contributed by atoms with Crippen molar-refractivity contribution < 1.29 is 4.79 Å². The number of carbonyl (C=O) groups excluding carboxylic acids is 1. The number of hydrogen-bond donors (Lipinski definition) is 4. The third-order valence-electron chi connectivity index (χ3n) is 2.22. The minimum Gasteiger partial charge on any atom is -0.370 e. The van der Waals surface area contributed by atoms with Crippen molar-refractivity contribution in [3.05, 3.63) is 23.2 Å². The zero-order chi connectivity index (χ0) is 15.3. The van der Waals surface area contributed by atoms with Gasteiger partial charge >= 0.3 is 0 Å². The van der Waals surface area contributed by atoms with Gasteiger partial charge in [0, 0.05) is 10.9 Å². The Morgan fingerprint density at radius 3 is 2.50 bits per heavy atom. The van der Waals surface area contributed by atoms with Gasteiger partial charge in [-0.25, -0.2) is 4.99 Å². The summed E-state index contributed by atoms with van der Waals surface area (Å²) < 4.78 is 0. The highest BCUT2D eigenvalue weighted by molar-refractivity contribution is 6.31. The van der Waals surface area contributed by atoms with E-state index < -0.39 is 0 Å². The van der Waals surface area contributed by atoms with E-state index in [0.29, 0.717) is 16.4 Å². The van der Waals surface area contributed by atoms with Gasteiger partial charge in [0.05, 0.1) is 11.4 Å². The summed E-state index contributed by atoms with van der Waals surface area (Å²) in [4.78, 5) is 19.3. The van der Waals surface area contributed by atoms with Gasteiger partial charge in [-0.1, -0.05) is 25.4 Å². The Bertz CT molecular complexity index is 563. The Hall–Kier alpha value is -2.28. The molecule has 0 fully saturated rings. The van der Waals surface area contributed by atoms with Crippen molar-refractivity contribution >= 4 is 40.8 Å². The van der Waals surface area contributed by atoms with Gasteiger partial charge in [-0.05, 0) is 18.2 Å². The molecule has 1 aromatic carbocycles. The fourth-order valence-electron chi connectivity index (χ4n) is 1.26. The Kier molecular flexibility index (Phi) is 5.33. The molecule has 1 amide bonds. The first-order chi connectivity index (χ1) is 9.29. The normalized spacial score (nSPS) is 11.3. The predicted octanol–water partition coefficient (Wildman–Crippen LogP) is 1.15. The summed E-state index contributed by atoms with van der Waals surface area (Å²) >= 11 is 5.90. The van der Waals surface area contributed by atoms with Crippen LogP contribution in [0.5, 0.6) is 0 Å². The number of rotatable bonds is 3. The topological polar surface area (TPSA) is 132 Å². The first-order valence-electron chi connectivity index (χ1n) is 5.83. The molecular weight excluding hydrogens is 280 g/mol. The van der Waals surface area contributed by atoms with E-state index in [4.69, 9.17) is 28.8 Å². The summed E-state index contributed by atoms with van der Waals surface area (Å²) in [7, 11) is 0. The summed E-state index contributed by atoms with van der Waals surface area (Å²) in [5, 5.41) is 3.17. The number of nitrogens with two attached hydrogens (primary N) is 3. The van der Waals surface area contributed by atoms with Crippen LogP contribution in [0.3, 0.4) is 0 Å². The number of amides is 1. The van der Waals surface area contributed by atoms with Crippen LogP contribution in [0.25, 0.3) is 0 Å². The molecule has 7 N–H and O–H groups in total. The molecule has 0 atom stereocenters. The first-order valence-corrected chi connectivity index (χ1v) is 6.21. The van der Waals surface area contributed by atoms with E-state index in [1.807, 2.05) is 0 Å². The van der Waals surface area contributed by atoms with Crippen LogP contribution in [-0.4, -0.2) is 17.8 Å². The quantitative estimate of drug-likeness (QED) is 0.492. The standard InChI is InChI=1S/C12H17ClN6O/c1-6(2)10(20)17-8-4-3-7(13)5-9(8)18-12(16)19-11(14)15/h3-6H,1-2H3,(H,17,20)(H6,14,15,16,18,19). The van der Waals surface area contributed by atoms with Crippen molar-refractivity contribution in [2.75, 3.05) is 5.32 Å². The Morgan fingerprint density at radius 1 is 1.30 bits per heavy atom. The number of guanidine groups is 2. The Balaban J connectivity index is 3.14. The highest BCUT2D eigenvalue weighted by Gasteiger charge is 2.10. The van der Waals surface area contributed by atoms with Gasteiger partial charge in [0.2, 0.25) is 11.9 Å². The van der Waals surface area contributed by atoms with Crippen LogP contribution in [0.4, 0.5) is 11.4 Å². The molecule has 8 heteroatoms. The lowest BCUT2D eigenvalue weighted by molar-refractivity contribution is -0.118. The molecular formula is C12H17ClN6O. The zero-order valence-corrected chi connectivity index (χ0v) is 12.0. The average molecular weight is 297 g/mol. The highest BCUT2D eigenvalue weighted by Crippen LogP contribution is 2.29. The van der Waals surface area contributed by atoms with Gasteiger partial charge < -0.3 is 22.5 Å². The van der Waals surface area contributed by atoms with Crippen molar-refractivity contribution in [1.82, 2.24) is 0 Å². The number of anilines is 1. The molecule has 0 aliphatic rings. The zero-order valence-electron chi connectivity index (χ0n) is 11.2. The molecule has 0 saturated carbocycles. The van der Waals surface area contributed by atoms with Crippen LogP contribution in [0.15, 0.2) is 28.2 Å². The summed E-state index contributed by atoms with van der Waals surface area (Å²) in [6.07, 6.45) is 0. The summed E-state index contributed by atoms with van der Waals surface area (Å²) in [6.45, 7) is 3.56. The maximum absolute atomic E-state index is 11.7. The Labute approximate surface area is 121 Å². The number of hydrogen-bond acceptors (Lipinski definition) is 2. The van der Waals surface area contributed by atoms with E-state index in [2.05, 4.69) is 15.3 Å². The van der Waals surface area contributed by atoms with Gasteiger partial charge in [0.1, 0.15) is 0 Å². The van der Waals surface area contributed by atoms with Crippen LogP contribution >= 0.6 is 11.6 Å². The van der Waals surface area contributed by atoms with Crippen LogP contribution in [0.2, 0.25) is 5.02 Å². The fraction of sp³-hybridized carbons (Fsp3) is 0.250. The molecule has 20 heavy (non-hydrogen) atoms. The lowest BCUT2D eigenvalue weighted by atomic mass is 10.2. The molecule has 1 aromatic rings. The number of aliphatic imine (C=N–C) groups is 2. The van der Waals surface area contributed by atoms with E-state index in [9.17, 15) is 4.79 Å². The smallest absolute Gasteiger partial charge is 0.226 e. The van der Waals surface area contributed by atoms with Gasteiger partial charge in [0.15, 0.2) is 5.96 Å². The van der Waals surface area contributed by atoms with Crippen molar-refractivity contribution in [3.8, 4) is 0 Å². The molecule has 0 spiro atoms. The lowest BCUT2D eigenvalue weighted by Gasteiger charge is -2.10. The van der Waals surface area contributed by atoms with Crippen molar-refractivity contribution in [2.24, 2.45) is 33.1 Å². The monoisotopic (exact) mass is 296 g/mol. The molecule has 7 nitrogen and oxygen atoms in total. The minimum atomic E-state index is -0.207. The van der Waals surface area contributed by atoms with Gasteiger partial charge in [0.25, 0.3) is 0 Å². The SMILES string of the molecule is CC(C)C(=O)Nc1ccc(Cl)cc1N=C(N)N=C(N)N. The highest BCUT2D eigenvalue weighted by atomic mass is 35.5. The number of benzene rings is 1. The number of nitrogens with zero attached hydrogens (tertiary/aromatic N) is 2. The van der Waals surface area contributed by atoms with Crippen LogP contribution in [0, 0.1) is 5.92 Å². The van der Waals surface area contributed by atoms with Crippen LogP contribution < -0.4 is 22.5 Å². The van der Waals surface area contributed by atoms with E-state index in [-0.39, 0.29) is 23.7 Å². The average Bonchev–Trinajstić information content (AvgIpc) is 2.31. The van der Waals surface area contributed by atoms with Gasteiger partial charge in [-0.15, -0.1) is 0 Å². The van der Waals surface area contributed by atoms with Gasteiger partial charge in [-0.2, -0.15) is 4.99 Å². The first kappa shape index (κ1) is 15.8. The van der Waals surface area contributed by atoms with Crippen LogP contribution in [0.1, 0.15) is 13.8 Å². The molecule has 0 aromatic heterocycles.